The molecule has 1 aliphatic heterocycles. The van der Waals surface area contributed by atoms with E-state index in [1.165, 1.54) is 5.01 Å². The second kappa shape index (κ2) is 6.23. The molecule has 0 aliphatic carbocycles. The summed E-state index contributed by atoms with van der Waals surface area (Å²) >= 11 is 0. The van der Waals surface area contributed by atoms with E-state index in [2.05, 4.69) is 12.0 Å². The highest BCUT2D eigenvalue weighted by molar-refractivity contribution is 5.91. The number of amides is 2. The van der Waals surface area contributed by atoms with E-state index >= 15 is 0 Å². The van der Waals surface area contributed by atoms with Crippen LogP contribution in [0.5, 0.6) is 5.75 Å². The van der Waals surface area contributed by atoms with Crippen LogP contribution in [0.2, 0.25) is 0 Å². The minimum absolute atomic E-state index is 0.115. The van der Waals surface area contributed by atoms with E-state index in [-0.39, 0.29) is 17.7 Å². The Hall–Kier alpha value is -2.30. The van der Waals surface area contributed by atoms with Gasteiger partial charge in [-0.05, 0) is 25.0 Å². The molecule has 0 saturated carbocycles. The summed E-state index contributed by atoms with van der Waals surface area (Å²) in [5, 5.41) is 1.37. The predicted molar refractivity (Wildman–Crippen MR) is 75.0 cm³/mol. The molecule has 5 heteroatoms. The lowest BCUT2D eigenvalue weighted by atomic mass is 9.90. The van der Waals surface area contributed by atoms with Crippen LogP contribution >= 0.6 is 0 Å². The lowest BCUT2D eigenvalue weighted by Gasteiger charge is -2.32. The molecular formula is C15H18N2O3. The summed E-state index contributed by atoms with van der Waals surface area (Å²) in [6, 6.07) is 7.48. The van der Waals surface area contributed by atoms with E-state index in [9.17, 15) is 9.59 Å². The number of hydrogen-bond acceptors (Lipinski definition) is 3. The number of ether oxygens (including phenoxy) is 1. The normalized spacial score (nSPS) is 18.6. The third kappa shape index (κ3) is 2.82. The topological polar surface area (TPSA) is 58.6 Å². The van der Waals surface area contributed by atoms with Gasteiger partial charge in [0.25, 0.3) is 5.91 Å². The zero-order chi connectivity index (χ0) is 14.5. The Kier molecular flexibility index (Phi) is 4.40. The van der Waals surface area contributed by atoms with Crippen molar-refractivity contribution in [3.63, 3.8) is 0 Å². The molecule has 1 aromatic rings. The van der Waals surface area contributed by atoms with Gasteiger partial charge in [-0.3, -0.25) is 20.0 Å². The molecule has 0 radical (unpaired) electrons. The molecule has 1 aromatic carbocycles. The Morgan fingerprint density at radius 2 is 2.25 bits per heavy atom. The first kappa shape index (κ1) is 14.1. The highest BCUT2D eigenvalue weighted by atomic mass is 16.5. The third-order valence-corrected chi connectivity index (χ3v) is 3.38. The van der Waals surface area contributed by atoms with E-state index in [1.54, 1.807) is 7.11 Å². The number of carbonyl (C=O) groups excluding carboxylic acids is 2. The molecule has 1 atom stereocenters. The zero-order valence-corrected chi connectivity index (χ0v) is 11.5. The molecule has 5 nitrogen and oxygen atoms in total. The molecule has 2 rings (SSSR count). The van der Waals surface area contributed by atoms with E-state index in [0.29, 0.717) is 12.3 Å². The van der Waals surface area contributed by atoms with E-state index < -0.39 is 0 Å². The third-order valence-electron chi connectivity index (χ3n) is 3.38. The largest absolute Gasteiger partial charge is 0.496 e. The molecule has 0 spiro atoms. The molecule has 1 saturated heterocycles. The lowest BCUT2D eigenvalue weighted by Crippen LogP contribution is -2.50. The Morgan fingerprint density at radius 1 is 1.50 bits per heavy atom. The minimum atomic E-state index is -0.376. The van der Waals surface area contributed by atoms with Gasteiger partial charge in [0, 0.05) is 12.1 Å². The quantitative estimate of drug-likeness (QED) is 0.849. The fourth-order valence-corrected chi connectivity index (χ4v) is 2.41. The molecule has 1 aliphatic rings. The SMILES string of the molecule is C=CC(=O)NN1CCCC(c2ccccc2OC)C1=O. The van der Waals surface area contributed by atoms with Crippen molar-refractivity contribution in [1.29, 1.82) is 0 Å². The van der Waals surface area contributed by atoms with Crippen LogP contribution < -0.4 is 10.2 Å². The average Bonchev–Trinajstić information content (AvgIpc) is 2.49. The van der Waals surface area contributed by atoms with Gasteiger partial charge in [0.2, 0.25) is 5.91 Å². The number of hydrogen-bond donors (Lipinski definition) is 1. The van der Waals surface area contributed by atoms with Gasteiger partial charge in [-0.1, -0.05) is 24.8 Å². The van der Waals surface area contributed by atoms with Crippen molar-refractivity contribution in [2.75, 3.05) is 13.7 Å². The average molecular weight is 274 g/mol. The van der Waals surface area contributed by atoms with Gasteiger partial charge in [-0.2, -0.15) is 0 Å². The van der Waals surface area contributed by atoms with Crippen molar-refractivity contribution in [3.05, 3.63) is 42.5 Å². The van der Waals surface area contributed by atoms with Gasteiger partial charge in [-0.15, -0.1) is 0 Å². The molecule has 0 aromatic heterocycles. The van der Waals surface area contributed by atoms with Gasteiger partial charge >= 0.3 is 0 Å². The first-order chi connectivity index (χ1) is 9.67. The number of rotatable bonds is 4. The smallest absolute Gasteiger partial charge is 0.261 e. The lowest BCUT2D eigenvalue weighted by molar-refractivity contribution is -0.143. The minimum Gasteiger partial charge on any atom is -0.496 e. The number of benzene rings is 1. The molecule has 106 valence electrons. The van der Waals surface area contributed by atoms with E-state index in [4.69, 9.17) is 4.74 Å². The Labute approximate surface area is 118 Å². The number of methoxy groups -OCH3 is 1. The van der Waals surface area contributed by atoms with Gasteiger partial charge in [0.05, 0.1) is 13.0 Å². The van der Waals surface area contributed by atoms with Gasteiger partial charge < -0.3 is 4.74 Å². The summed E-state index contributed by atoms with van der Waals surface area (Å²) in [6.45, 7) is 3.90. The van der Waals surface area contributed by atoms with Crippen molar-refractivity contribution in [1.82, 2.24) is 10.4 Å². The second-order valence-corrected chi connectivity index (χ2v) is 4.61. The summed E-state index contributed by atoms with van der Waals surface area (Å²) in [4.78, 5) is 23.8. The van der Waals surface area contributed by atoms with Crippen molar-refractivity contribution in [2.24, 2.45) is 0 Å². The number of hydrazine groups is 1. The summed E-state index contributed by atoms with van der Waals surface area (Å²) in [6.07, 6.45) is 2.73. The molecule has 0 bridgehead atoms. The van der Waals surface area contributed by atoms with Crippen molar-refractivity contribution in [3.8, 4) is 5.75 Å². The van der Waals surface area contributed by atoms with Crippen molar-refractivity contribution >= 4 is 11.8 Å². The van der Waals surface area contributed by atoms with Gasteiger partial charge in [0.1, 0.15) is 5.75 Å². The molecular weight excluding hydrogens is 256 g/mol. The maximum absolute atomic E-state index is 12.5. The van der Waals surface area contributed by atoms with Crippen molar-refractivity contribution in [2.45, 2.75) is 18.8 Å². The number of carbonyl (C=O) groups is 2. The van der Waals surface area contributed by atoms with Crippen LogP contribution in [-0.4, -0.2) is 30.5 Å². The van der Waals surface area contributed by atoms with Crippen LogP contribution in [-0.2, 0) is 9.59 Å². The highest BCUT2D eigenvalue weighted by Crippen LogP contribution is 2.33. The maximum atomic E-state index is 12.5. The van der Waals surface area contributed by atoms with Crippen LogP contribution in [0, 0.1) is 0 Å². The monoisotopic (exact) mass is 274 g/mol. The fraction of sp³-hybridized carbons (Fsp3) is 0.333. The Bertz CT molecular complexity index is 528. The summed E-state index contributed by atoms with van der Waals surface area (Å²) in [7, 11) is 1.59. The number of nitrogens with one attached hydrogen (secondary N) is 1. The predicted octanol–water partition coefficient (Wildman–Crippen LogP) is 1.62. The Balaban J connectivity index is 2.21. The van der Waals surface area contributed by atoms with Crippen LogP contribution in [0.25, 0.3) is 0 Å². The van der Waals surface area contributed by atoms with E-state index in [0.717, 1.165) is 24.5 Å². The molecule has 20 heavy (non-hydrogen) atoms. The molecule has 1 N–H and O–H groups in total. The summed E-state index contributed by atoms with van der Waals surface area (Å²) in [5.41, 5.74) is 3.40. The molecule has 2 amide bonds. The second-order valence-electron chi connectivity index (χ2n) is 4.61. The molecule has 1 fully saturated rings. The standard InChI is InChI=1S/C15H18N2O3/c1-3-14(18)16-17-10-6-8-12(15(17)19)11-7-4-5-9-13(11)20-2/h3-5,7,9,12H,1,6,8,10H2,2H3,(H,16,18). The highest BCUT2D eigenvalue weighted by Gasteiger charge is 2.32. The van der Waals surface area contributed by atoms with Crippen LogP contribution in [0.3, 0.4) is 0 Å². The van der Waals surface area contributed by atoms with Crippen LogP contribution in [0.15, 0.2) is 36.9 Å². The first-order valence-electron chi connectivity index (χ1n) is 6.54. The van der Waals surface area contributed by atoms with Gasteiger partial charge in [-0.25, -0.2) is 0 Å². The zero-order valence-electron chi connectivity index (χ0n) is 11.5. The van der Waals surface area contributed by atoms with Crippen LogP contribution in [0.4, 0.5) is 0 Å². The molecule has 1 heterocycles. The van der Waals surface area contributed by atoms with Crippen molar-refractivity contribution < 1.29 is 14.3 Å². The summed E-state index contributed by atoms with van der Waals surface area (Å²) < 4.78 is 5.31. The molecule has 1 unspecified atom stereocenters. The maximum Gasteiger partial charge on any atom is 0.261 e. The van der Waals surface area contributed by atoms with E-state index in [1.807, 2.05) is 24.3 Å². The van der Waals surface area contributed by atoms with Crippen LogP contribution in [0.1, 0.15) is 24.3 Å². The fourth-order valence-electron chi connectivity index (χ4n) is 2.41. The van der Waals surface area contributed by atoms with Gasteiger partial charge in [0.15, 0.2) is 0 Å². The summed E-state index contributed by atoms with van der Waals surface area (Å²) in [5.74, 6) is -0.0808. The number of para-hydroxylation sites is 1. The Morgan fingerprint density at radius 3 is 2.95 bits per heavy atom. The first-order valence-corrected chi connectivity index (χ1v) is 6.54. The number of piperidine rings is 1. The number of nitrogens with zero attached hydrogens (tertiary/aromatic N) is 1.